The first kappa shape index (κ1) is 19.4. The van der Waals surface area contributed by atoms with E-state index in [1.807, 2.05) is 18.2 Å². The maximum atomic E-state index is 12.9. The molecule has 138 valence electrons. The molecule has 26 heavy (non-hydrogen) atoms. The molecule has 0 aliphatic heterocycles. The number of hydrogen-bond donors (Lipinski definition) is 3. The zero-order chi connectivity index (χ0) is 18.6. The number of carbonyl (C=O) groups excluding carboxylic acids is 1. The molecule has 0 fully saturated rings. The van der Waals surface area contributed by atoms with Crippen molar-refractivity contribution in [3.63, 3.8) is 0 Å². The Morgan fingerprint density at radius 1 is 0.923 bits per heavy atom. The van der Waals surface area contributed by atoms with E-state index >= 15 is 0 Å². The summed E-state index contributed by atoms with van der Waals surface area (Å²) in [5.41, 5.74) is 1.73. The minimum Gasteiger partial charge on any atom is -0.356 e. The molecule has 0 bridgehead atoms. The fraction of sp³-hybridized carbons (Fsp3) is 0.300. The van der Waals surface area contributed by atoms with Crippen LogP contribution < -0.4 is 16.0 Å². The summed E-state index contributed by atoms with van der Waals surface area (Å²) in [7, 11) is 1.71. The van der Waals surface area contributed by atoms with Crippen LogP contribution in [0.1, 0.15) is 22.3 Å². The highest BCUT2D eigenvalue weighted by molar-refractivity contribution is 5.94. The van der Waals surface area contributed by atoms with Crippen LogP contribution >= 0.6 is 0 Å². The number of nitrogens with zero attached hydrogens (tertiary/aromatic N) is 1. The van der Waals surface area contributed by atoms with Crippen LogP contribution in [0.3, 0.4) is 0 Å². The summed E-state index contributed by atoms with van der Waals surface area (Å²) < 4.78 is 12.9. The number of guanidine groups is 1. The van der Waals surface area contributed by atoms with E-state index in [1.165, 1.54) is 12.1 Å². The first-order chi connectivity index (χ1) is 12.7. The minimum absolute atomic E-state index is 0.0626. The highest BCUT2D eigenvalue weighted by atomic mass is 19.1. The molecule has 3 N–H and O–H groups in total. The van der Waals surface area contributed by atoms with Crippen LogP contribution in [-0.2, 0) is 6.42 Å². The first-order valence-corrected chi connectivity index (χ1v) is 8.71. The predicted molar refractivity (Wildman–Crippen MR) is 103 cm³/mol. The largest absolute Gasteiger partial charge is 0.356 e. The van der Waals surface area contributed by atoms with Gasteiger partial charge in [-0.2, -0.15) is 0 Å². The third kappa shape index (κ3) is 6.93. The normalized spacial score (nSPS) is 11.1. The highest BCUT2D eigenvalue weighted by Crippen LogP contribution is 2.02. The number of amides is 1. The fourth-order valence-corrected chi connectivity index (χ4v) is 2.39. The lowest BCUT2D eigenvalue weighted by Crippen LogP contribution is -2.39. The van der Waals surface area contributed by atoms with Crippen molar-refractivity contribution >= 4 is 11.9 Å². The molecular weight excluding hydrogens is 331 g/mol. The van der Waals surface area contributed by atoms with Crippen LogP contribution in [0.25, 0.3) is 0 Å². The quantitative estimate of drug-likeness (QED) is 0.386. The van der Waals surface area contributed by atoms with Crippen LogP contribution in [0, 0.1) is 5.82 Å². The molecule has 5 nitrogen and oxygen atoms in total. The Labute approximate surface area is 153 Å². The van der Waals surface area contributed by atoms with Crippen molar-refractivity contribution in [2.24, 2.45) is 4.99 Å². The number of carbonyl (C=O) groups is 1. The molecule has 0 spiro atoms. The molecule has 0 aromatic heterocycles. The number of halogens is 1. The van der Waals surface area contributed by atoms with Gasteiger partial charge in [0.05, 0.1) is 0 Å². The third-order valence-corrected chi connectivity index (χ3v) is 3.81. The zero-order valence-corrected chi connectivity index (χ0v) is 15.0. The molecule has 6 heteroatoms. The molecule has 0 aliphatic rings. The summed E-state index contributed by atoms with van der Waals surface area (Å²) in [5, 5.41) is 9.31. The Kier molecular flexibility index (Phi) is 8.12. The predicted octanol–water partition coefficient (Wildman–Crippen LogP) is 2.35. The van der Waals surface area contributed by atoms with Gasteiger partial charge in [0.15, 0.2) is 5.96 Å². The maximum Gasteiger partial charge on any atom is 0.251 e. The molecule has 1 amide bonds. The Hall–Kier alpha value is -2.89. The number of benzene rings is 2. The van der Waals surface area contributed by atoms with Crippen molar-refractivity contribution in [3.8, 4) is 0 Å². The average molecular weight is 356 g/mol. The minimum atomic E-state index is -0.224. The molecular formula is C20H25FN4O. The highest BCUT2D eigenvalue weighted by Gasteiger charge is 2.03. The van der Waals surface area contributed by atoms with Gasteiger partial charge in [0.25, 0.3) is 5.91 Å². The maximum absolute atomic E-state index is 12.9. The smallest absolute Gasteiger partial charge is 0.251 e. The molecule has 0 saturated heterocycles. The lowest BCUT2D eigenvalue weighted by atomic mass is 10.1. The van der Waals surface area contributed by atoms with Gasteiger partial charge in [0.1, 0.15) is 5.82 Å². The fourth-order valence-electron chi connectivity index (χ4n) is 2.39. The molecule has 2 aromatic rings. The van der Waals surface area contributed by atoms with E-state index in [4.69, 9.17) is 0 Å². The third-order valence-electron chi connectivity index (χ3n) is 3.81. The molecule has 0 atom stereocenters. The van der Waals surface area contributed by atoms with Crippen molar-refractivity contribution in [1.29, 1.82) is 0 Å². The van der Waals surface area contributed by atoms with Crippen molar-refractivity contribution in [2.75, 3.05) is 26.7 Å². The molecule has 2 aromatic carbocycles. The van der Waals surface area contributed by atoms with Gasteiger partial charge in [-0.15, -0.1) is 0 Å². The van der Waals surface area contributed by atoms with Crippen LogP contribution in [0.4, 0.5) is 4.39 Å². The van der Waals surface area contributed by atoms with Gasteiger partial charge in [-0.05, 0) is 42.7 Å². The lowest BCUT2D eigenvalue weighted by Gasteiger charge is -2.12. The summed E-state index contributed by atoms with van der Waals surface area (Å²) in [6.45, 7) is 1.99. The SMILES string of the molecule is CN=C(NCCCNC(=O)c1ccccc1)NCCc1ccc(F)cc1. The number of hydrogen-bond acceptors (Lipinski definition) is 2. The number of aliphatic imine (C=N–C) groups is 1. The van der Waals surface area contributed by atoms with E-state index in [-0.39, 0.29) is 11.7 Å². The first-order valence-electron chi connectivity index (χ1n) is 8.71. The Morgan fingerprint density at radius 3 is 2.27 bits per heavy atom. The molecule has 0 heterocycles. The second-order valence-corrected chi connectivity index (χ2v) is 5.78. The van der Waals surface area contributed by atoms with Gasteiger partial charge < -0.3 is 16.0 Å². The lowest BCUT2D eigenvalue weighted by molar-refractivity contribution is 0.0953. The van der Waals surface area contributed by atoms with Crippen molar-refractivity contribution in [1.82, 2.24) is 16.0 Å². The van der Waals surface area contributed by atoms with E-state index < -0.39 is 0 Å². The molecule has 0 saturated carbocycles. The molecule has 0 aliphatic carbocycles. The summed E-state index contributed by atoms with van der Waals surface area (Å²) in [6, 6.07) is 15.6. The van der Waals surface area contributed by atoms with Crippen molar-refractivity contribution in [2.45, 2.75) is 12.8 Å². The van der Waals surface area contributed by atoms with Gasteiger partial charge in [0, 0.05) is 32.2 Å². The Morgan fingerprint density at radius 2 is 1.58 bits per heavy atom. The van der Waals surface area contributed by atoms with Crippen LogP contribution in [0.15, 0.2) is 59.6 Å². The summed E-state index contributed by atoms with van der Waals surface area (Å²) in [6.07, 6.45) is 1.57. The standard InChI is InChI=1S/C20H25FN4O/c1-22-20(25-15-12-16-8-10-18(21)11-9-16)24-14-5-13-23-19(26)17-6-3-2-4-7-17/h2-4,6-11H,5,12-15H2,1H3,(H,23,26)(H2,22,24,25). The Balaban J connectivity index is 1.58. The molecule has 0 radical (unpaired) electrons. The number of rotatable bonds is 8. The summed E-state index contributed by atoms with van der Waals surface area (Å²) in [4.78, 5) is 16.1. The molecule has 0 unspecified atom stereocenters. The van der Waals surface area contributed by atoms with E-state index in [2.05, 4.69) is 20.9 Å². The monoisotopic (exact) mass is 356 g/mol. The van der Waals surface area contributed by atoms with Crippen molar-refractivity contribution < 1.29 is 9.18 Å². The second kappa shape index (κ2) is 10.9. The average Bonchev–Trinajstić information content (AvgIpc) is 2.68. The topological polar surface area (TPSA) is 65.5 Å². The Bertz CT molecular complexity index is 702. The summed E-state index contributed by atoms with van der Waals surface area (Å²) >= 11 is 0. The van der Waals surface area contributed by atoms with E-state index in [0.29, 0.717) is 31.2 Å². The van der Waals surface area contributed by atoms with Gasteiger partial charge in [-0.3, -0.25) is 9.79 Å². The second-order valence-electron chi connectivity index (χ2n) is 5.78. The zero-order valence-electron chi connectivity index (χ0n) is 15.0. The summed E-state index contributed by atoms with van der Waals surface area (Å²) in [5.74, 6) is 0.424. The van der Waals surface area contributed by atoms with Gasteiger partial charge in [-0.25, -0.2) is 4.39 Å². The van der Waals surface area contributed by atoms with Crippen LogP contribution in [0.5, 0.6) is 0 Å². The molecule has 2 rings (SSSR count). The number of nitrogens with one attached hydrogen (secondary N) is 3. The van der Waals surface area contributed by atoms with Gasteiger partial charge in [0.2, 0.25) is 0 Å². The van der Waals surface area contributed by atoms with Gasteiger partial charge in [-0.1, -0.05) is 30.3 Å². The van der Waals surface area contributed by atoms with Crippen LogP contribution in [0.2, 0.25) is 0 Å². The van der Waals surface area contributed by atoms with Crippen LogP contribution in [-0.4, -0.2) is 38.5 Å². The van der Waals surface area contributed by atoms with E-state index in [1.54, 1.807) is 31.3 Å². The van der Waals surface area contributed by atoms with Crippen molar-refractivity contribution in [3.05, 3.63) is 71.5 Å². The van der Waals surface area contributed by atoms with E-state index in [0.717, 1.165) is 18.4 Å². The van der Waals surface area contributed by atoms with Gasteiger partial charge >= 0.3 is 0 Å². The van der Waals surface area contributed by atoms with E-state index in [9.17, 15) is 9.18 Å².